The molecule has 6 heteroatoms. The van der Waals surface area contributed by atoms with Crippen molar-refractivity contribution in [3.63, 3.8) is 0 Å². The van der Waals surface area contributed by atoms with Crippen LogP contribution in [0.3, 0.4) is 0 Å². The molecule has 0 fully saturated rings. The van der Waals surface area contributed by atoms with Gasteiger partial charge in [-0.2, -0.15) is 0 Å². The summed E-state index contributed by atoms with van der Waals surface area (Å²) in [6, 6.07) is 15.4. The molecule has 130 valence electrons. The molecule has 2 N–H and O–H groups in total. The first-order valence-electron chi connectivity index (χ1n) is 7.99. The maximum Gasteiger partial charge on any atom is 0.142 e. The average molecular weight is 368 g/mol. The summed E-state index contributed by atoms with van der Waals surface area (Å²) in [6.07, 6.45) is 1.72. The lowest BCUT2D eigenvalue weighted by Gasteiger charge is -2.08. The summed E-state index contributed by atoms with van der Waals surface area (Å²) in [5, 5.41) is 13.8. The molecule has 0 atom stereocenters. The molecule has 4 nitrogen and oxygen atoms in total. The molecular formula is C20H15ClFN3O. The highest BCUT2D eigenvalue weighted by atomic mass is 35.5. The van der Waals surface area contributed by atoms with Crippen LogP contribution in [0.5, 0.6) is 5.75 Å². The summed E-state index contributed by atoms with van der Waals surface area (Å²) in [7, 11) is 1.94. The second-order valence-corrected chi connectivity index (χ2v) is 6.39. The molecule has 0 unspecified atom stereocenters. The predicted octanol–water partition coefficient (Wildman–Crippen LogP) is 5.48. The maximum absolute atomic E-state index is 13.4. The van der Waals surface area contributed by atoms with E-state index in [-0.39, 0.29) is 10.8 Å². The van der Waals surface area contributed by atoms with Gasteiger partial charge in [-0.25, -0.2) is 9.37 Å². The highest BCUT2D eigenvalue weighted by Crippen LogP contribution is 2.33. The van der Waals surface area contributed by atoms with Crippen molar-refractivity contribution in [1.29, 1.82) is 0 Å². The van der Waals surface area contributed by atoms with Crippen molar-refractivity contribution in [2.24, 2.45) is 7.05 Å². The standard InChI is InChI=1S/C20H15ClFN3O/c1-25-19(12-2-5-14(26)6-3-12)11-15-18(8-9-23-20(15)25)24-13-4-7-17(22)16(21)10-13/h2-11,26H,1H3,(H,23,24). The number of phenolic OH excluding ortho intramolecular Hbond substituents is 1. The maximum atomic E-state index is 13.4. The zero-order valence-corrected chi connectivity index (χ0v) is 14.6. The summed E-state index contributed by atoms with van der Waals surface area (Å²) in [4.78, 5) is 4.47. The number of halogens is 2. The van der Waals surface area contributed by atoms with Crippen molar-refractivity contribution >= 4 is 34.0 Å². The van der Waals surface area contributed by atoms with Crippen LogP contribution in [-0.2, 0) is 7.05 Å². The first kappa shape index (κ1) is 16.4. The number of aromatic hydroxyl groups is 1. The van der Waals surface area contributed by atoms with E-state index in [4.69, 9.17) is 11.6 Å². The number of phenols is 1. The van der Waals surface area contributed by atoms with E-state index in [1.807, 2.05) is 35.9 Å². The topological polar surface area (TPSA) is 50.1 Å². The number of nitrogens with one attached hydrogen (secondary N) is 1. The lowest BCUT2D eigenvalue weighted by atomic mass is 10.1. The molecule has 0 aliphatic rings. The second-order valence-electron chi connectivity index (χ2n) is 5.99. The Bertz CT molecular complexity index is 1110. The Balaban J connectivity index is 1.80. The summed E-state index contributed by atoms with van der Waals surface area (Å²) >= 11 is 5.87. The van der Waals surface area contributed by atoms with Crippen LogP contribution >= 0.6 is 11.6 Å². The molecule has 4 aromatic rings. The van der Waals surface area contributed by atoms with Gasteiger partial charge in [0.2, 0.25) is 0 Å². The Hall–Kier alpha value is -3.05. The van der Waals surface area contributed by atoms with Gasteiger partial charge in [0.15, 0.2) is 0 Å². The molecule has 4 rings (SSSR count). The van der Waals surface area contributed by atoms with Crippen LogP contribution in [0.2, 0.25) is 5.02 Å². The highest BCUT2D eigenvalue weighted by Gasteiger charge is 2.12. The van der Waals surface area contributed by atoms with Crippen LogP contribution < -0.4 is 5.32 Å². The van der Waals surface area contributed by atoms with Gasteiger partial charge in [0, 0.05) is 24.3 Å². The zero-order chi connectivity index (χ0) is 18.3. The lowest BCUT2D eigenvalue weighted by Crippen LogP contribution is -1.95. The Morgan fingerprint density at radius 1 is 1.08 bits per heavy atom. The van der Waals surface area contributed by atoms with Gasteiger partial charge >= 0.3 is 0 Å². The van der Waals surface area contributed by atoms with E-state index in [9.17, 15) is 9.50 Å². The van der Waals surface area contributed by atoms with Crippen LogP contribution in [0, 0.1) is 5.82 Å². The van der Waals surface area contributed by atoms with E-state index in [2.05, 4.69) is 10.3 Å². The first-order valence-corrected chi connectivity index (χ1v) is 8.36. The van der Waals surface area contributed by atoms with Crippen molar-refractivity contribution in [2.45, 2.75) is 0 Å². The van der Waals surface area contributed by atoms with E-state index in [0.717, 1.165) is 28.0 Å². The third-order valence-electron chi connectivity index (χ3n) is 4.29. The molecule has 2 aromatic carbocycles. The quantitative estimate of drug-likeness (QED) is 0.504. The number of rotatable bonds is 3. The monoisotopic (exact) mass is 367 g/mol. The molecule has 0 aliphatic heterocycles. The fourth-order valence-electron chi connectivity index (χ4n) is 2.97. The van der Waals surface area contributed by atoms with E-state index in [1.54, 1.807) is 30.5 Å². The van der Waals surface area contributed by atoms with Crippen molar-refractivity contribution in [2.75, 3.05) is 5.32 Å². The highest BCUT2D eigenvalue weighted by molar-refractivity contribution is 6.31. The summed E-state index contributed by atoms with van der Waals surface area (Å²) in [5.74, 6) is -0.229. The molecule has 0 saturated heterocycles. The Morgan fingerprint density at radius 3 is 2.58 bits per heavy atom. The van der Waals surface area contributed by atoms with E-state index in [1.165, 1.54) is 6.07 Å². The van der Waals surface area contributed by atoms with Gasteiger partial charge in [-0.15, -0.1) is 0 Å². The second kappa shape index (κ2) is 6.35. The van der Waals surface area contributed by atoms with Crippen LogP contribution in [0.1, 0.15) is 0 Å². The zero-order valence-electron chi connectivity index (χ0n) is 13.9. The fraction of sp³-hybridized carbons (Fsp3) is 0.0500. The molecule has 0 saturated carbocycles. The third-order valence-corrected chi connectivity index (χ3v) is 4.58. The van der Waals surface area contributed by atoms with Gasteiger partial charge in [-0.05, 0) is 60.2 Å². The van der Waals surface area contributed by atoms with Crippen LogP contribution in [0.15, 0.2) is 60.8 Å². The normalized spacial score (nSPS) is 11.0. The predicted molar refractivity (Wildman–Crippen MR) is 103 cm³/mol. The third kappa shape index (κ3) is 2.86. The first-order chi connectivity index (χ1) is 12.5. The number of benzene rings is 2. The average Bonchev–Trinajstić information content (AvgIpc) is 2.97. The van der Waals surface area contributed by atoms with Crippen molar-refractivity contribution in [1.82, 2.24) is 9.55 Å². The van der Waals surface area contributed by atoms with E-state index >= 15 is 0 Å². The molecule has 0 spiro atoms. The van der Waals surface area contributed by atoms with Crippen molar-refractivity contribution in [3.8, 4) is 17.0 Å². The molecular weight excluding hydrogens is 353 g/mol. The van der Waals surface area contributed by atoms with Crippen molar-refractivity contribution in [3.05, 3.63) is 71.6 Å². The number of hydrogen-bond acceptors (Lipinski definition) is 3. The number of pyridine rings is 1. The lowest BCUT2D eigenvalue weighted by molar-refractivity contribution is 0.475. The smallest absolute Gasteiger partial charge is 0.142 e. The fourth-order valence-corrected chi connectivity index (χ4v) is 3.15. The van der Waals surface area contributed by atoms with Gasteiger partial charge in [-0.1, -0.05) is 11.6 Å². The van der Waals surface area contributed by atoms with Crippen LogP contribution in [0.25, 0.3) is 22.3 Å². The van der Waals surface area contributed by atoms with Gasteiger partial charge < -0.3 is 15.0 Å². The Labute approximate surface area is 154 Å². The molecule has 2 heterocycles. The van der Waals surface area contributed by atoms with Crippen LogP contribution in [-0.4, -0.2) is 14.7 Å². The molecule has 26 heavy (non-hydrogen) atoms. The SMILES string of the molecule is Cn1c(-c2ccc(O)cc2)cc2c(Nc3ccc(F)c(Cl)c3)ccnc21. The van der Waals surface area contributed by atoms with E-state index in [0.29, 0.717) is 5.69 Å². The number of fused-ring (bicyclic) bond motifs is 1. The minimum atomic E-state index is -0.452. The summed E-state index contributed by atoms with van der Waals surface area (Å²) < 4.78 is 15.4. The number of aromatic nitrogens is 2. The minimum Gasteiger partial charge on any atom is -0.508 e. The Kier molecular flexibility index (Phi) is 4.01. The minimum absolute atomic E-state index is 0.0677. The largest absolute Gasteiger partial charge is 0.508 e. The van der Waals surface area contributed by atoms with Gasteiger partial charge in [0.05, 0.1) is 16.4 Å². The molecule has 0 amide bonds. The molecule has 0 bridgehead atoms. The van der Waals surface area contributed by atoms with Gasteiger partial charge in [0.25, 0.3) is 0 Å². The van der Waals surface area contributed by atoms with Crippen molar-refractivity contribution < 1.29 is 9.50 Å². The number of nitrogens with zero attached hydrogens (tertiary/aromatic N) is 2. The van der Waals surface area contributed by atoms with Gasteiger partial charge in [-0.3, -0.25) is 0 Å². The molecule has 2 aromatic heterocycles. The number of aryl methyl sites for hydroxylation is 1. The molecule has 0 aliphatic carbocycles. The Morgan fingerprint density at radius 2 is 1.85 bits per heavy atom. The van der Waals surface area contributed by atoms with Crippen LogP contribution in [0.4, 0.5) is 15.8 Å². The summed E-state index contributed by atoms with van der Waals surface area (Å²) in [5.41, 5.74) is 4.29. The number of anilines is 2. The van der Waals surface area contributed by atoms with Gasteiger partial charge in [0.1, 0.15) is 17.2 Å². The molecule has 0 radical (unpaired) electrons. The number of hydrogen-bond donors (Lipinski definition) is 2. The summed E-state index contributed by atoms with van der Waals surface area (Å²) in [6.45, 7) is 0. The van der Waals surface area contributed by atoms with E-state index < -0.39 is 5.82 Å².